The number of furan rings is 1. The Hall–Kier alpha value is -3.12. The summed E-state index contributed by atoms with van der Waals surface area (Å²) < 4.78 is 7.16. The lowest BCUT2D eigenvalue weighted by Crippen LogP contribution is -2.23. The minimum absolute atomic E-state index is 0.147. The molecule has 2 aromatic carbocycles. The standard InChI is InChI=1S/C21H20N4O2/c26-21-24-23-20(25(21)13-14-7-9-22-12-14)16-3-1-15(2-4-16)17-5-6-19-18(11-17)8-10-27-19/h1-6,8,10-11,14,22H,7,9,12-13H2,(H,24,26)/t14-/m1/s1. The van der Waals surface area contributed by atoms with Gasteiger partial charge in [-0.25, -0.2) is 9.89 Å². The van der Waals surface area contributed by atoms with E-state index in [9.17, 15) is 4.79 Å². The van der Waals surface area contributed by atoms with Crippen molar-refractivity contribution in [1.29, 1.82) is 0 Å². The molecular formula is C21H20N4O2. The second-order valence-electron chi connectivity index (χ2n) is 7.07. The molecule has 1 atom stereocenters. The van der Waals surface area contributed by atoms with Crippen LogP contribution in [0.25, 0.3) is 33.5 Å². The Kier molecular flexibility index (Phi) is 3.90. The Morgan fingerprint density at radius 2 is 1.89 bits per heavy atom. The molecule has 3 heterocycles. The van der Waals surface area contributed by atoms with Crippen LogP contribution in [-0.4, -0.2) is 27.9 Å². The molecule has 0 unspecified atom stereocenters. The highest BCUT2D eigenvalue weighted by atomic mass is 16.3. The number of aromatic amines is 1. The summed E-state index contributed by atoms with van der Waals surface area (Å²) in [6, 6.07) is 16.3. The van der Waals surface area contributed by atoms with Crippen LogP contribution in [0.5, 0.6) is 0 Å². The molecule has 1 saturated heterocycles. The highest BCUT2D eigenvalue weighted by Gasteiger charge is 2.19. The highest BCUT2D eigenvalue weighted by Crippen LogP contribution is 2.27. The predicted octanol–water partition coefficient (Wildman–Crippen LogP) is 3.26. The van der Waals surface area contributed by atoms with Gasteiger partial charge in [0.25, 0.3) is 0 Å². The van der Waals surface area contributed by atoms with Crippen LogP contribution in [0.1, 0.15) is 6.42 Å². The number of hydrogen-bond donors (Lipinski definition) is 2. The maximum atomic E-state index is 12.2. The van der Waals surface area contributed by atoms with Gasteiger partial charge in [-0.2, -0.15) is 5.10 Å². The van der Waals surface area contributed by atoms with Crippen LogP contribution in [0.15, 0.2) is 64.0 Å². The maximum absolute atomic E-state index is 12.2. The summed E-state index contributed by atoms with van der Waals surface area (Å²) in [6.07, 6.45) is 2.79. The lowest BCUT2D eigenvalue weighted by molar-refractivity contribution is 0.475. The first-order valence-electron chi connectivity index (χ1n) is 9.22. The minimum Gasteiger partial charge on any atom is -0.464 e. The third-order valence-electron chi connectivity index (χ3n) is 5.29. The van der Waals surface area contributed by atoms with Gasteiger partial charge < -0.3 is 9.73 Å². The average molecular weight is 360 g/mol. The van der Waals surface area contributed by atoms with E-state index in [1.807, 2.05) is 24.3 Å². The highest BCUT2D eigenvalue weighted by molar-refractivity contribution is 5.83. The average Bonchev–Trinajstić information content (AvgIpc) is 3.44. The quantitative estimate of drug-likeness (QED) is 0.586. The van der Waals surface area contributed by atoms with Crippen molar-refractivity contribution in [3.05, 3.63) is 65.3 Å². The first kappa shape index (κ1) is 16.1. The van der Waals surface area contributed by atoms with Crippen molar-refractivity contribution in [3.63, 3.8) is 0 Å². The van der Waals surface area contributed by atoms with Crippen molar-refractivity contribution < 1.29 is 4.42 Å². The summed E-state index contributed by atoms with van der Waals surface area (Å²) in [5.74, 6) is 1.17. The van der Waals surface area contributed by atoms with Crippen LogP contribution in [-0.2, 0) is 6.54 Å². The number of H-pyrrole nitrogens is 1. The lowest BCUT2D eigenvalue weighted by Gasteiger charge is -2.11. The first-order chi connectivity index (χ1) is 13.3. The fourth-order valence-electron chi connectivity index (χ4n) is 3.79. The Morgan fingerprint density at radius 1 is 1.07 bits per heavy atom. The topological polar surface area (TPSA) is 75.8 Å². The number of aromatic nitrogens is 3. The van der Waals surface area contributed by atoms with Crippen molar-refractivity contribution in [3.8, 4) is 22.5 Å². The summed E-state index contributed by atoms with van der Waals surface area (Å²) in [5, 5.41) is 11.3. The Balaban J connectivity index is 1.46. The van der Waals surface area contributed by atoms with Gasteiger partial charge in [-0.3, -0.25) is 4.57 Å². The largest absolute Gasteiger partial charge is 0.464 e. The zero-order valence-electron chi connectivity index (χ0n) is 14.8. The van der Waals surface area contributed by atoms with E-state index < -0.39 is 0 Å². The van der Waals surface area contributed by atoms with Gasteiger partial charge in [0.2, 0.25) is 0 Å². The van der Waals surface area contributed by atoms with Gasteiger partial charge in [-0.15, -0.1) is 0 Å². The molecule has 2 N–H and O–H groups in total. The zero-order valence-corrected chi connectivity index (χ0v) is 14.8. The fourth-order valence-corrected chi connectivity index (χ4v) is 3.79. The van der Waals surface area contributed by atoms with Crippen molar-refractivity contribution in [2.45, 2.75) is 13.0 Å². The first-order valence-corrected chi connectivity index (χ1v) is 9.22. The molecule has 4 aromatic rings. The molecule has 0 spiro atoms. The van der Waals surface area contributed by atoms with Crippen LogP contribution in [0.2, 0.25) is 0 Å². The molecule has 2 aromatic heterocycles. The number of rotatable bonds is 4. The molecule has 0 radical (unpaired) electrons. The summed E-state index contributed by atoms with van der Waals surface area (Å²) in [4.78, 5) is 12.2. The van der Waals surface area contributed by atoms with Crippen LogP contribution in [0, 0.1) is 5.92 Å². The Labute approximate surface area is 155 Å². The monoisotopic (exact) mass is 360 g/mol. The van der Waals surface area contributed by atoms with E-state index in [1.54, 1.807) is 10.8 Å². The van der Waals surface area contributed by atoms with Gasteiger partial charge in [0.15, 0.2) is 5.82 Å². The Morgan fingerprint density at radius 3 is 2.70 bits per heavy atom. The predicted molar refractivity (Wildman–Crippen MR) is 104 cm³/mol. The third-order valence-corrected chi connectivity index (χ3v) is 5.29. The SMILES string of the molecule is O=c1[nH]nc(-c2ccc(-c3ccc4occc4c3)cc2)n1C[C@@H]1CCNC1. The Bertz CT molecular complexity index is 1130. The number of benzene rings is 2. The zero-order chi connectivity index (χ0) is 18.2. The number of fused-ring (bicyclic) bond motifs is 1. The lowest BCUT2D eigenvalue weighted by atomic mass is 10.0. The third kappa shape index (κ3) is 2.98. The summed E-state index contributed by atoms with van der Waals surface area (Å²) in [6.45, 7) is 2.66. The van der Waals surface area contributed by atoms with Crippen LogP contribution < -0.4 is 11.0 Å². The summed E-state index contributed by atoms with van der Waals surface area (Å²) in [5.41, 5.74) is 3.93. The minimum atomic E-state index is -0.147. The molecule has 27 heavy (non-hydrogen) atoms. The van der Waals surface area contributed by atoms with Gasteiger partial charge in [-0.1, -0.05) is 30.3 Å². The van der Waals surface area contributed by atoms with Crippen LogP contribution in [0.4, 0.5) is 0 Å². The van der Waals surface area contributed by atoms with E-state index in [2.05, 4.69) is 39.8 Å². The van der Waals surface area contributed by atoms with Crippen LogP contribution in [0.3, 0.4) is 0 Å². The van der Waals surface area contributed by atoms with E-state index in [0.29, 0.717) is 18.3 Å². The smallest absolute Gasteiger partial charge is 0.343 e. The molecule has 5 rings (SSSR count). The molecule has 136 valence electrons. The van der Waals surface area contributed by atoms with Gasteiger partial charge in [0.1, 0.15) is 5.58 Å². The molecule has 0 saturated carbocycles. The van der Waals surface area contributed by atoms with E-state index in [1.165, 1.54) is 0 Å². The van der Waals surface area contributed by atoms with E-state index in [4.69, 9.17) is 4.42 Å². The summed E-state index contributed by atoms with van der Waals surface area (Å²) >= 11 is 0. The van der Waals surface area contributed by atoms with E-state index in [0.717, 1.165) is 47.2 Å². The van der Waals surface area contributed by atoms with Crippen molar-refractivity contribution in [2.75, 3.05) is 13.1 Å². The number of nitrogens with one attached hydrogen (secondary N) is 2. The fraction of sp³-hybridized carbons (Fsp3) is 0.238. The second kappa shape index (κ2) is 6.55. The van der Waals surface area contributed by atoms with Gasteiger partial charge in [0.05, 0.1) is 6.26 Å². The van der Waals surface area contributed by atoms with E-state index in [-0.39, 0.29) is 5.69 Å². The molecular weight excluding hydrogens is 340 g/mol. The normalized spacial score (nSPS) is 17.0. The van der Waals surface area contributed by atoms with Crippen molar-refractivity contribution in [2.24, 2.45) is 5.92 Å². The molecule has 1 aliphatic rings. The molecule has 0 bridgehead atoms. The van der Waals surface area contributed by atoms with Crippen molar-refractivity contribution >= 4 is 11.0 Å². The molecule has 1 aliphatic heterocycles. The number of hydrogen-bond acceptors (Lipinski definition) is 4. The molecule has 0 aliphatic carbocycles. The second-order valence-corrected chi connectivity index (χ2v) is 7.07. The molecule has 0 amide bonds. The van der Waals surface area contributed by atoms with Crippen LogP contribution >= 0.6 is 0 Å². The maximum Gasteiger partial charge on any atom is 0.343 e. The molecule has 6 heteroatoms. The van der Waals surface area contributed by atoms with Gasteiger partial charge in [0, 0.05) is 17.5 Å². The van der Waals surface area contributed by atoms with Crippen molar-refractivity contribution in [1.82, 2.24) is 20.1 Å². The van der Waals surface area contributed by atoms with Gasteiger partial charge >= 0.3 is 5.69 Å². The molecule has 1 fully saturated rings. The number of nitrogens with zero attached hydrogens (tertiary/aromatic N) is 2. The van der Waals surface area contributed by atoms with Gasteiger partial charge in [-0.05, 0) is 54.8 Å². The van der Waals surface area contributed by atoms with E-state index >= 15 is 0 Å². The summed E-state index contributed by atoms with van der Waals surface area (Å²) in [7, 11) is 0. The molecule has 6 nitrogen and oxygen atoms in total.